The number of likely N-dealkylation sites (N-methyl/N-ethyl adjacent to an activating group) is 1. The molecule has 0 spiro atoms. The Balaban J connectivity index is 1.19. The first-order valence-electron chi connectivity index (χ1n) is 10.2. The van der Waals surface area contributed by atoms with Gasteiger partial charge in [-0.3, -0.25) is 4.90 Å². The number of hydrogen-bond acceptors (Lipinski definition) is 7. The molecule has 0 radical (unpaired) electrons. The molecule has 2 amide bonds. The zero-order valence-corrected chi connectivity index (χ0v) is 17.1. The molecule has 31 heavy (non-hydrogen) atoms. The summed E-state index contributed by atoms with van der Waals surface area (Å²) in [5, 5.41) is 10.1. The van der Waals surface area contributed by atoms with E-state index in [-0.39, 0.29) is 24.9 Å². The molecule has 2 atom stereocenters. The number of aromatic nitrogens is 2. The summed E-state index contributed by atoms with van der Waals surface area (Å²) in [4.78, 5) is 19.0. The molecule has 3 aromatic rings. The standard InChI is InChI=1S/C22H23N5O4/c1-27-12-16(24-22(28)23-11-14-5-3-2-4-6-14)10-17(27)21-25-20(26-31-21)15-7-8-18-19(9-15)30-13-29-18/h2-9,16-17H,10-13H2,1H3,(H2,23,24,28)/t16-,17-/m0/s1. The van der Waals surface area contributed by atoms with Gasteiger partial charge in [0.15, 0.2) is 11.5 Å². The Hall–Kier alpha value is -3.59. The van der Waals surface area contributed by atoms with Gasteiger partial charge in [-0.15, -0.1) is 0 Å². The number of ether oxygens (including phenoxy) is 2. The van der Waals surface area contributed by atoms with Gasteiger partial charge in [-0.05, 0) is 37.2 Å². The van der Waals surface area contributed by atoms with Gasteiger partial charge in [0.1, 0.15) is 0 Å². The number of rotatable bonds is 5. The Labute approximate surface area is 179 Å². The van der Waals surface area contributed by atoms with Crippen LogP contribution >= 0.6 is 0 Å². The average molecular weight is 421 g/mol. The Morgan fingerprint density at radius 2 is 2.00 bits per heavy atom. The molecular formula is C22H23N5O4. The zero-order chi connectivity index (χ0) is 21.2. The van der Waals surface area contributed by atoms with Crippen molar-refractivity contribution in [2.24, 2.45) is 0 Å². The Kier molecular flexibility index (Phi) is 5.17. The number of fused-ring (bicyclic) bond motifs is 1. The maximum atomic E-state index is 12.3. The lowest BCUT2D eigenvalue weighted by Crippen LogP contribution is -2.42. The number of urea groups is 1. The van der Waals surface area contributed by atoms with Crippen molar-refractivity contribution in [1.29, 1.82) is 0 Å². The summed E-state index contributed by atoms with van der Waals surface area (Å²) in [6.45, 7) is 1.41. The van der Waals surface area contributed by atoms with Crippen molar-refractivity contribution in [2.75, 3.05) is 20.4 Å². The van der Waals surface area contributed by atoms with Crippen LogP contribution in [0.4, 0.5) is 4.79 Å². The first-order valence-corrected chi connectivity index (χ1v) is 10.2. The van der Waals surface area contributed by atoms with Crippen molar-refractivity contribution in [1.82, 2.24) is 25.7 Å². The molecule has 2 aliphatic heterocycles. The molecule has 0 saturated carbocycles. The third-order valence-electron chi connectivity index (χ3n) is 5.54. The number of nitrogens with zero attached hydrogens (tertiary/aromatic N) is 3. The van der Waals surface area contributed by atoms with Gasteiger partial charge in [0.2, 0.25) is 18.5 Å². The highest BCUT2D eigenvalue weighted by molar-refractivity contribution is 5.74. The molecule has 0 bridgehead atoms. The van der Waals surface area contributed by atoms with E-state index in [1.54, 1.807) is 0 Å². The highest BCUT2D eigenvalue weighted by Crippen LogP contribution is 2.36. The molecule has 5 rings (SSSR count). The Bertz CT molecular complexity index is 1070. The minimum Gasteiger partial charge on any atom is -0.454 e. The maximum Gasteiger partial charge on any atom is 0.315 e. The molecule has 9 nitrogen and oxygen atoms in total. The molecule has 0 unspecified atom stereocenters. The smallest absolute Gasteiger partial charge is 0.315 e. The lowest BCUT2D eigenvalue weighted by Gasteiger charge is -2.14. The van der Waals surface area contributed by atoms with Crippen LogP contribution in [0.1, 0.15) is 23.9 Å². The summed E-state index contributed by atoms with van der Waals surface area (Å²) in [7, 11) is 1.98. The average Bonchev–Trinajstić information content (AvgIpc) is 3.52. The van der Waals surface area contributed by atoms with Crippen molar-refractivity contribution >= 4 is 6.03 Å². The summed E-state index contributed by atoms with van der Waals surface area (Å²) in [5.74, 6) is 2.41. The molecule has 2 aliphatic rings. The minimum atomic E-state index is -0.186. The molecule has 2 N–H and O–H groups in total. The molecule has 2 aromatic carbocycles. The SMILES string of the molecule is CN1C[C@@H](NC(=O)NCc2ccccc2)C[C@H]1c1nc(-c2ccc3c(c2)OCO3)no1. The highest BCUT2D eigenvalue weighted by Gasteiger charge is 2.35. The predicted molar refractivity (Wildman–Crippen MR) is 111 cm³/mol. The van der Waals surface area contributed by atoms with E-state index in [0.29, 0.717) is 42.7 Å². The highest BCUT2D eigenvalue weighted by atomic mass is 16.7. The molecule has 0 aliphatic carbocycles. The van der Waals surface area contributed by atoms with Crippen molar-refractivity contribution in [3.63, 3.8) is 0 Å². The van der Waals surface area contributed by atoms with E-state index < -0.39 is 0 Å². The normalized spacial score (nSPS) is 20.0. The number of hydrogen-bond donors (Lipinski definition) is 2. The van der Waals surface area contributed by atoms with E-state index in [9.17, 15) is 4.79 Å². The molecule has 9 heteroatoms. The van der Waals surface area contributed by atoms with Crippen LogP contribution in [0.2, 0.25) is 0 Å². The van der Waals surface area contributed by atoms with E-state index in [2.05, 4.69) is 25.7 Å². The summed E-state index contributed by atoms with van der Waals surface area (Å²) in [6.07, 6.45) is 0.692. The van der Waals surface area contributed by atoms with Crippen LogP contribution in [-0.2, 0) is 6.54 Å². The fourth-order valence-electron chi connectivity index (χ4n) is 3.93. The second kappa shape index (κ2) is 8.27. The van der Waals surface area contributed by atoms with Crippen molar-refractivity contribution < 1.29 is 18.8 Å². The van der Waals surface area contributed by atoms with Gasteiger partial charge in [0.25, 0.3) is 0 Å². The van der Waals surface area contributed by atoms with Gasteiger partial charge < -0.3 is 24.6 Å². The van der Waals surface area contributed by atoms with Crippen LogP contribution in [0.15, 0.2) is 53.1 Å². The first kappa shape index (κ1) is 19.4. The number of likely N-dealkylation sites (tertiary alicyclic amines) is 1. The second-order valence-corrected chi connectivity index (χ2v) is 7.72. The van der Waals surface area contributed by atoms with Crippen LogP contribution in [-0.4, -0.2) is 47.5 Å². The fourth-order valence-corrected chi connectivity index (χ4v) is 3.93. The van der Waals surface area contributed by atoms with Crippen LogP contribution in [0.5, 0.6) is 11.5 Å². The van der Waals surface area contributed by atoms with Crippen molar-refractivity contribution in [2.45, 2.75) is 25.0 Å². The van der Waals surface area contributed by atoms with Gasteiger partial charge in [0.05, 0.1) is 6.04 Å². The maximum absolute atomic E-state index is 12.3. The molecule has 1 fully saturated rings. The van der Waals surface area contributed by atoms with E-state index in [1.165, 1.54) is 0 Å². The van der Waals surface area contributed by atoms with Crippen LogP contribution in [0.25, 0.3) is 11.4 Å². The third-order valence-corrected chi connectivity index (χ3v) is 5.54. The monoisotopic (exact) mass is 421 g/mol. The Morgan fingerprint density at radius 3 is 2.87 bits per heavy atom. The lowest BCUT2D eigenvalue weighted by molar-refractivity contribution is 0.174. The van der Waals surface area contributed by atoms with E-state index >= 15 is 0 Å². The van der Waals surface area contributed by atoms with Gasteiger partial charge in [0, 0.05) is 24.7 Å². The van der Waals surface area contributed by atoms with Gasteiger partial charge in [-0.25, -0.2) is 4.79 Å². The quantitative estimate of drug-likeness (QED) is 0.653. The van der Waals surface area contributed by atoms with Gasteiger partial charge >= 0.3 is 6.03 Å². The molecule has 3 heterocycles. The number of nitrogens with one attached hydrogen (secondary N) is 2. The fraction of sp³-hybridized carbons (Fsp3) is 0.318. The molecule has 160 valence electrons. The predicted octanol–water partition coefficient (Wildman–Crippen LogP) is 2.71. The number of benzene rings is 2. The third kappa shape index (κ3) is 4.17. The van der Waals surface area contributed by atoms with Crippen LogP contribution in [0, 0.1) is 0 Å². The first-order chi connectivity index (χ1) is 15.2. The largest absolute Gasteiger partial charge is 0.454 e. The molecule has 1 saturated heterocycles. The van der Waals surface area contributed by atoms with E-state index in [4.69, 9.17) is 14.0 Å². The Morgan fingerprint density at radius 1 is 1.16 bits per heavy atom. The number of carbonyl (C=O) groups is 1. The zero-order valence-electron chi connectivity index (χ0n) is 17.1. The van der Waals surface area contributed by atoms with Gasteiger partial charge in [-0.1, -0.05) is 35.5 Å². The minimum absolute atomic E-state index is 0.00772. The van der Waals surface area contributed by atoms with Gasteiger partial charge in [-0.2, -0.15) is 4.98 Å². The topological polar surface area (TPSA) is 102 Å². The summed E-state index contributed by atoms with van der Waals surface area (Å²) < 4.78 is 16.3. The molecular weight excluding hydrogens is 398 g/mol. The number of carbonyl (C=O) groups excluding carboxylic acids is 1. The van der Waals surface area contributed by atoms with Crippen molar-refractivity contribution in [3.8, 4) is 22.9 Å². The van der Waals surface area contributed by atoms with Crippen LogP contribution in [0.3, 0.4) is 0 Å². The number of amides is 2. The summed E-state index contributed by atoms with van der Waals surface area (Å²) in [6, 6.07) is 15.1. The summed E-state index contributed by atoms with van der Waals surface area (Å²) >= 11 is 0. The second-order valence-electron chi connectivity index (χ2n) is 7.72. The van der Waals surface area contributed by atoms with Crippen LogP contribution < -0.4 is 20.1 Å². The summed E-state index contributed by atoms with van der Waals surface area (Å²) in [5.41, 5.74) is 1.86. The molecule has 1 aromatic heterocycles. The van der Waals surface area contributed by atoms with E-state index in [1.807, 2.05) is 55.6 Å². The van der Waals surface area contributed by atoms with E-state index in [0.717, 1.165) is 11.1 Å². The lowest BCUT2D eigenvalue weighted by atomic mass is 10.1. The van der Waals surface area contributed by atoms with Crippen molar-refractivity contribution in [3.05, 3.63) is 60.0 Å².